The van der Waals surface area contributed by atoms with Gasteiger partial charge in [-0.25, -0.2) is 4.57 Å². The Balaban J connectivity index is 1.64. The van der Waals surface area contributed by atoms with Gasteiger partial charge in [-0.2, -0.15) is 0 Å². The van der Waals surface area contributed by atoms with Crippen molar-refractivity contribution in [3.63, 3.8) is 0 Å². The molecule has 34 heavy (non-hydrogen) atoms. The van der Waals surface area contributed by atoms with Gasteiger partial charge >= 0.3 is 0 Å². The van der Waals surface area contributed by atoms with Crippen molar-refractivity contribution in [2.75, 3.05) is 5.32 Å². The molecular weight excluding hydrogens is 452 g/mol. The number of fused-ring (bicyclic) bond motifs is 3. The Kier molecular flexibility index (Phi) is 5.66. The van der Waals surface area contributed by atoms with Crippen LogP contribution in [0.25, 0.3) is 22.4 Å². The molecule has 3 heterocycles. The van der Waals surface area contributed by atoms with Crippen LogP contribution >= 0.6 is 11.8 Å². The van der Waals surface area contributed by atoms with Crippen LogP contribution in [-0.4, -0.2) is 35.5 Å². The van der Waals surface area contributed by atoms with Crippen LogP contribution in [-0.2, 0) is 4.79 Å². The number of nitrogens with zero attached hydrogens (tertiary/aromatic N) is 5. The maximum absolute atomic E-state index is 13.5. The molecule has 10 heteroatoms. The van der Waals surface area contributed by atoms with E-state index in [4.69, 9.17) is 4.52 Å². The van der Waals surface area contributed by atoms with Gasteiger partial charge in [0.15, 0.2) is 11.0 Å². The molecule has 0 fully saturated rings. The van der Waals surface area contributed by atoms with Crippen molar-refractivity contribution in [1.29, 1.82) is 0 Å². The summed E-state index contributed by atoms with van der Waals surface area (Å²) in [6, 6.07) is 16.6. The minimum Gasteiger partial charge on any atom is -0.360 e. The topological polar surface area (TPSA) is 107 Å². The van der Waals surface area contributed by atoms with Gasteiger partial charge in [-0.15, -0.1) is 10.2 Å². The van der Waals surface area contributed by atoms with E-state index in [1.165, 1.54) is 11.8 Å². The first-order chi connectivity index (χ1) is 16.5. The monoisotopic (exact) mass is 474 g/mol. The lowest BCUT2D eigenvalue weighted by atomic mass is 10.2. The summed E-state index contributed by atoms with van der Waals surface area (Å²) in [6.07, 6.45) is 0.553. The lowest BCUT2D eigenvalue weighted by molar-refractivity contribution is -0.115. The summed E-state index contributed by atoms with van der Waals surface area (Å²) in [5, 5.41) is 16.0. The summed E-state index contributed by atoms with van der Waals surface area (Å²) in [5.41, 5.74) is 2.18. The second kappa shape index (κ2) is 8.79. The zero-order chi connectivity index (χ0) is 23.8. The van der Waals surface area contributed by atoms with Gasteiger partial charge in [-0.1, -0.05) is 54.2 Å². The number of rotatable bonds is 6. The molecule has 1 N–H and O–H groups in total. The molecule has 0 saturated carbocycles. The molecule has 0 saturated heterocycles. The third kappa shape index (κ3) is 3.75. The van der Waals surface area contributed by atoms with E-state index < -0.39 is 5.25 Å². The van der Waals surface area contributed by atoms with Crippen molar-refractivity contribution < 1.29 is 9.32 Å². The highest BCUT2D eigenvalue weighted by molar-refractivity contribution is 8.00. The highest BCUT2D eigenvalue weighted by atomic mass is 32.2. The number of thioether (sulfide) groups is 1. The molecule has 0 aliphatic carbocycles. The number of nitrogens with one attached hydrogen (secondary N) is 1. The largest absolute Gasteiger partial charge is 0.360 e. The van der Waals surface area contributed by atoms with Crippen LogP contribution < -0.4 is 10.9 Å². The summed E-state index contributed by atoms with van der Waals surface area (Å²) in [6.45, 7) is 5.63. The standard InChI is InChI=1S/C24H22N6O3S/c1-4-19(21(31)25-20-13-15(3)33-28-20)34-24-27-26-23-29(17-11-7-5-9-14(17)2)22(32)16-10-6-8-12-18(16)30(23)24/h5-13,19H,4H2,1-3H3,(H,25,28,31). The van der Waals surface area contributed by atoms with Crippen molar-refractivity contribution in [3.8, 4) is 5.69 Å². The lowest BCUT2D eigenvalue weighted by Gasteiger charge is -2.15. The van der Waals surface area contributed by atoms with Crippen LogP contribution in [0.1, 0.15) is 24.7 Å². The molecule has 3 aromatic heterocycles. The fourth-order valence-corrected chi connectivity index (χ4v) is 4.83. The zero-order valence-corrected chi connectivity index (χ0v) is 19.7. The molecule has 5 aromatic rings. The van der Waals surface area contributed by atoms with Gasteiger partial charge < -0.3 is 9.84 Å². The molecule has 5 rings (SSSR count). The van der Waals surface area contributed by atoms with Gasteiger partial charge in [0, 0.05) is 6.07 Å². The first-order valence-electron chi connectivity index (χ1n) is 10.8. The number of hydrogen-bond acceptors (Lipinski definition) is 7. The van der Waals surface area contributed by atoms with E-state index >= 15 is 0 Å². The molecule has 2 aromatic carbocycles. The van der Waals surface area contributed by atoms with Gasteiger partial charge in [0.25, 0.3) is 5.56 Å². The number of para-hydroxylation sites is 2. The average molecular weight is 475 g/mol. The zero-order valence-electron chi connectivity index (χ0n) is 18.8. The highest BCUT2D eigenvalue weighted by Crippen LogP contribution is 2.28. The molecule has 0 radical (unpaired) electrons. The summed E-state index contributed by atoms with van der Waals surface area (Å²) in [4.78, 5) is 26.4. The van der Waals surface area contributed by atoms with Crippen molar-refractivity contribution in [1.82, 2.24) is 24.3 Å². The van der Waals surface area contributed by atoms with E-state index in [1.54, 1.807) is 23.6 Å². The summed E-state index contributed by atoms with van der Waals surface area (Å²) in [7, 11) is 0. The second-order valence-electron chi connectivity index (χ2n) is 7.89. The SMILES string of the molecule is CCC(Sc1nnc2n(-c3ccccc3C)c(=O)c3ccccc3n12)C(=O)Nc1cc(C)on1. The minimum atomic E-state index is -0.456. The van der Waals surface area contributed by atoms with Crippen LogP contribution in [0, 0.1) is 13.8 Å². The maximum atomic E-state index is 13.5. The Morgan fingerprint density at radius 3 is 2.62 bits per heavy atom. The minimum absolute atomic E-state index is 0.174. The van der Waals surface area contributed by atoms with Crippen LogP contribution in [0.4, 0.5) is 5.82 Å². The third-order valence-electron chi connectivity index (χ3n) is 5.54. The average Bonchev–Trinajstić information content (AvgIpc) is 3.44. The quantitative estimate of drug-likeness (QED) is 0.368. The fourth-order valence-electron chi connectivity index (χ4n) is 3.87. The predicted molar refractivity (Wildman–Crippen MR) is 131 cm³/mol. The van der Waals surface area contributed by atoms with Crippen molar-refractivity contribution in [2.24, 2.45) is 0 Å². The molecule has 1 unspecified atom stereocenters. The maximum Gasteiger partial charge on any atom is 0.267 e. The van der Waals surface area contributed by atoms with E-state index in [-0.39, 0.29) is 11.5 Å². The number of carbonyl (C=O) groups is 1. The van der Waals surface area contributed by atoms with Crippen LogP contribution in [0.5, 0.6) is 0 Å². The molecular formula is C24H22N6O3S. The van der Waals surface area contributed by atoms with Gasteiger partial charge in [-0.3, -0.25) is 14.0 Å². The van der Waals surface area contributed by atoms with Gasteiger partial charge in [-0.05, 0) is 44.0 Å². The Morgan fingerprint density at radius 1 is 1.12 bits per heavy atom. The van der Waals surface area contributed by atoms with E-state index in [0.29, 0.717) is 39.8 Å². The van der Waals surface area contributed by atoms with E-state index in [9.17, 15) is 9.59 Å². The van der Waals surface area contributed by atoms with Crippen LogP contribution in [0.2, 0.25) is 0 Å². The van der Waals surface area contributed by atoms with Crippen LogP contribution in [0.3, 0.4) is 0 Å². The van der Waals surface area contributed by atoms with Crippen molar-refractivity contribution >= 4 is 40.2 Å². The number of amides is 1. The highest BCUT2D eigenvalue weighted by Gasteiger charge is 2.24. The number of carbonyl (C=O) groups excluding carboxylic acids is 1. The van der Waals surface area contributed by atoms with Crippen LogP contribution in [0.15, 0.2) is 69.1 Å². The van der Waals surface area contributed by atoms with E-state index in [1.807, 2.05) is 60.7 Å². The van der Waals surface area contributed by atoms with Gasteiger partial charge in [0.2, 0.25) is 11.7 Å². The number of benzene rings is 2. The molecule has 0 spiro atoms. The Morgan fingerprint density at radius 2 is 1.88 bits per heavy atom. The molecule has 0 bridgehead atoms. The van der Waals surface area contributed by atoms with E-state index in [0.717, 1.165) is 11.3 Å². The van der Waals surface area contributed by atoms with Crippen molar-refractivity contribution in [3.05, 3.63) is 76.3 Å². The second-order valence-corrected chi connectivity index (χ2v) is 9.06. The smallest absolute Gasteiger partial charge is 0.267 e. The Bertz CT molecular complexity index is 1580. The Labute approximate surface area is 198 Å². The first-order valence-corrected chi connectivity index (χ1v) is 11.7. The van der Waals surface area contributed by atoms with Crippen molar-refractivity contribution in [2.45, 2.75) is 37.6 Å². The number of aromatic nitrogens is 5. The van der Waals surface area contributed by atoms with Gasteiger partial charge in [0.1, 0.15) is 5.76 Å². The third-order valence-corrected chi connectivity index (χ3v) is 6.85. The first kappa shape index (κ1) is 21.9. The Hall–Kier alpha value is -3.92. The predicted octanol–water partition coefficient (Wildman–Crippen LogP) is 4.15. The molecule has 172 valence electrons. The summed E-state index contributed by atoms with van der Waals surface area (Å²) < 4.78 is 8.45. The molecule has 9 nitrogen and oxygen atoms in total. The molecule has 0 aliphatic rings. The molecule has 1 atom stereocenters. The molecule has 0 aliphatic heterocycles. The number of aryl methyl sites for hydroxylation is 2. The molecule has 1 amide bonds. The summed E-state index contributed by atoms with van der Waals surface area (Å²) in [5.74, 6) is 1.16. The van der Waals surface area contributed by atoms with E-state index in [2.05, 4.69) is 20.7 Å². The fraction of sp³-hybridized carbons (Fsp3) is 0.208. The number of anilines is 1. The number of hydrogen-bond donors (Lipinski definition) is 1. The normalized spacial score (nSPS) is 12.3. The lowest BCUT2D eigenvalue weighted by Crippen LogP contribution is -2.25. The van der Waals surface area contributed by atoms with Gasteiger partial charge in [0.05, 0.1) is 21.8 Å². The summed E-state index contributed by atoms with van der Waals surface area (Å²) >= 11 is 1.29.